The molecule has 0 atom stereocenters. The smallest absolute Gasteiger partial charge is 0.265 e. The number of hydrogen-bond acceptors (Lipinski definition) is 7. The minimum atomic E-state index is -3.43. The largest absolute Gasteiger partial charge is 0.482 e. The van der Waals surface area contributed by atoms with Crippen LogP contribution in [0.3, 0.4) is 0 Å². The molecule has 2 heterocycles. The highest BCUT2D eigenvalue weighted by Crippen LogP contribution is 2.34. The molecule has 0 radical (unpaired) electrons. The molecule has 9 nitrogen and oxygen atoms in total. The molecule has 4 rings (SSSR count). The Hall–Kier alpha value is -2.89. The molecular weight excluding hydrogens is 452 g/mol. The highest BCUT2D eigenvalue weighted by atomic mass is 35.5. The van der Waals surface area contributed by atoms with Gasteiger partial charge in [-0.2, -0.15) is 0 Å². The van der Waals surface area contributed by atoms with Gasteiger partial charge in [-0.15, -0.1) is 0 Å². The van der Waals surface area contributed by atoms with Gasteiger partial charge in [0.05, 0.1) is 22.2 Å². The second kappa shape index (κ2) is 7.74. The molecule has 0 saturated heterocycles. The molecule has 30 heavy (non-hydrogen) atoms. The van der Waals surface area contributed by atoms with Gasteiger partial charge < -0.3 is 10.1 Å². The number of amides is 2. The number of thiazole rings is 1. The van der Waals surface area contributed by atoms with Crippen LogP contribution in [0.1, 0.15) is 0 Å². The number of carbonyl (C=O) groups is 2. The van der Waals surface area contributed by atoms with Crippen LogP contribution in [0.5, 0.6) is 5.75 Å². The lowest BCUT2D eigenvalue weighted by Crippen LogP contribution is -2.43. The summed E-state index contributed by atoms with van der Waals surface area (Å²) in [6.45, 7) is -0.373. The molecule has 2 N–H and O–H groups in total. The van der Waals surface area contributed by atoms with E-state index in [1.807, 2.05) is 0 Å². The van der Waals surface area contributed by atoms with Gasteiger partial charge in [0.2, 0.25) is 15.9 Å². The number of hydrogen-bond donors (Lipinski definition) is 2. The number of rotatable bonds is 5. The van der Waals surface area contributed by atoms with Gasteiger partial charge in [-0.1, -0.05) is 22.9 Å². The minimum absolute atomic E-state index is 0.162. The summed E-state index contributed by atoms with van der Waals surface area (Å²) in [5, 5.41) is 3.40. The van der Waals surface area contributed by atoms with Crippen LogP contribution < -0.4 is 19.7 Å². The Morgan fingerprint density at radius 1 is 1.30 bits per heavy atom. The molecule has 0 fully saturated rings. The number of ether oxygens (including phenoxy) is 1. The van der Waals surface area contributed by atoms with E-state index < -0.39 is 15.9 Å². The highest BCUT2D eigenvalue weighted by Gasteiger charge is 2.27. The number of nitrogens with one attached hydrogen (secondary N) is 2. The third-order valence-electron chi connectivity index (χ3n) is 4.11. The second-order valence-corrected chi connectivity index (χ2v) is 9.72. The predicted octanol–water partition coefficient (Wildman–Crippen LogP) is 2.69. The fourth-order valence-electron chi connectivity index (χ4n) is 2.90. The van der Waals surface area contributed by atoms with Gasteiger partial charge in [0.25, 0.3) is 5.91 Å². The molecule has 2 aromatic carbocycles. The van der Waals surface area contributed by atoms with Crippen LogP contribution in [-0.2, 0) is 19.6 Å². The number of benzene rings is 2. The van der Waals surface area contributed by atoms with Crippen molar-refractivity contribution in [2.45, 2.75) is 0 Å². The summed E-state index contributed by atoms with van der Waals surface area (Å²) < 4.78 is 31.1. The summed E-state index contributed by atoms with van der Waals surface area (Å²) in [5.74, 6) is -0.285. The van der Waals surface area contributed by atoms with E-state index in [0.717, 1.165) is 17.6 Å². The number of anilines is 3. The zero-order valence-electron chi connectivity index (χ0n) is 15.5. The summed E-state index contributed by atoms with van der Waals surface area (Å²) in [5.41, 5.74) is 1.52. The average Bonchev–Trinajstić information content (AvgIpc) is 3.03. The fourth-order valence-corrected chi connectivity index (χ4v) is 4.80. The van der Waals surface area contributed by atoms with Crippen LogP contribution in [0.2, 0.25) is 5.02 Å². The Balaban J connectivity index is 1.51. The maximum Gasteiger partial charge on any atom is 0.265 e. The Morgan fingerprint density at radius 2 is 2.10 bits per heavy atom. The van der Waals surface area contributed by atoms with Crippen LogP contribution >= 0.6 is 22.9 Å². The molecule has 1 aliphatic heterocycles. The van der Waals surface area contributed by atoms with Gasteiger partial charge in [-0.05, 0) is 36.4 Å². The van der Waals surface area contributed by atoms with Gasteiger partial charge in [0.15, 0.2) is 11.7 Å². The van der Waals surface area contributed by atoms with E-state index in [0.29, 0.717) is 32.4 Å². The first-order valence-electron chi connectivity index (χ1n) is 8.59. The van der Waals surface area contributed by atoms with Crippen molar-refractivity contribution in [3.63, 3.8) is 0 Å². The van der Waals surface area contributed by atoms with E-state index in [1.165, 1.54) is 4.90 Å². The third-order valence-corrected chi connectivity index (χ3v) is 5.97. The number of nitrogens with zero attached hydrogens (tertiary/aromatic N) is 2. The summed E-state index contributed by atoms with van der Waals surface area (Å²) in [6.07, 6.45) is 1.04. The lowest BCUT2D eigenvalue weighted by Gasteiger charge is -2.29. The van der Waals surface area contributed by atoms with Crippen molar-refractivity contribution < 1.29 is 22.7 Å². The topological polar surface area (TPSA) is 118 Å². The first kappa shape index (κ1) is 20.4. The zero-order chi connectivity index (χ0) is 21.5. The van der Waals surface area contributed by atoms with Gasteiger partial charge in [0.1, 0.15) is 12.3 Å². The van der Waals surface area contributed by atoms with Gasteiger partial charge >= 0.3 is 0 Å². The normalized spacial score (nSPS) is 13.7. The number of aromatic nitrogens is 1. The maximum absolute atomic E-state index is 12.6. The van der Waals surface area contributed by atoms with Crippen molar-refractivity contribution in [1.29, 1.82) is 0 Å². The van der Waals surface area contributed by atoms with Crippen LogP contribution in [0, 0.1) is 0 Å². The molecule has 0 aliphatic carbocycles. The summed E-state index contributed by atoms with van der Waals surface area (Å²) in [7, 11) is -3.43. The van der Waals surface area contributed by atoms with Crippen LogP contribution in [0.4, 0.5) is 16.5 Å². The second-order valence-electron chi connectivity index (χ2n) is 6.50. The van der Waals surface area contributed by atoms with E-state index in [1.54, 1.807) is 36.4 Å². The number of carbonyl (C=O) groups excluding carboxylic acids is 2. The number of sulfonamides is 1. The molecule has 156 valence electrons. The van der Waals surface area contributed by atoms with Crippen molar-refractivity contribution in [2.24, 2.45) is 0 Å². The highest BCUT2D eigenvalue weighted by molar-refractivity contribution is 7.92. The molecular formula is C18H15ClN4O5S2. The Labute approximate surface area is 180 Å². The van der Waals surface area contributed by atoms with Crippen molar-refractivity contribution in [1.82, 2.24) is 4.98 Å². The lowest BCUT2D eigenvalue weighted by atomic mass is 10.2. The van der Waals surface area contributed by atoms with Crippen molar-refractivity contribution in [3.05, 3.63) is 41.4 Å². The fraction of sp³-hybridized carbons (Fsp3) is 0.167. The van der Waals surface area contributed by atoms with E-state index in [2.05, 4.69) is 15.0 Å². The molecule has 1 aromatic heterocycles. The quantitative estimate of drug-likeness (QED) is 0.597. The van der Waals surface area contributed by atoms with E-state index >= 15 is 0 Å². The van der Waals surface area contributed by atoms with Crippen molar-refractivity contribution in [2.75, 3.05) is 34.3 Å². The summed E-state index contributed by atoms with van der Waals surface area (Å²) >= 11 is 7.16. The SMILES string of the molecule is CS(=O)(=O)Nc1nc2ccc(NC(=O)CN3C(=O)COc4ccc(Cl)cc43)cc2s1. The number of fused-ring (bicyclic) bond motifs is 2. The van der Waals surface area contributed by atoms with Gasteiger partial charge in [-0.25, -0.2) is 13.4 Å². The molecule has 0 saturated carbocycles. The Morgan fingerprint density at radius 3 is 2.87 bits per heavy atom. The standard InChI is InChI=1S/C18H15ClN4O5S2/c1-30(26,27)22-18-21-12-4-3-11(7-15(12)29-18)20-16(24)8-23-13-6-10(19)2-5-14(13)28-9-17(23)25/h2-7H,8-9H2,1H3,(H,20,24)(H,21,22). The first-order valence-corrected chi connectivity index (χ1v) is 11.7. The van der Waals surface area contributed by atoms with E-state index in [4.69, 9.17) is 16.3 Å². The Bertz CT molecular complexity index is 1270. The molecule has 0 bridgehead atoms. The van der Waals surface area contributed by atoms with E-state index in [9.17, 15) is 18.0 Å². The number of halogens is 1. The average molecular weight is 467 g/mol. The van der Waals surface area contributed by atoms with Crippen LogP contribution in [0.15, 0.2) is 36.4 Å². The predicted molar refractivity (Wildman–Crippen MR) is 116 cm³/mol. The Kier molecular flexibility index (Phi) is 5.26. The van der Waals surface area contributed by atoms with Crippen molar-refractivity contribution >= 4 is 71.5 Å². The molecule has 2 amide bonds. The van der Waals surface area contributed by atoms with E-state index in [-0.39, 0.29) is 24.2 Å². The molecule has 12 heteroatoms. The van der Waals surface area contributed by atoms with Crippen LogP contribution in [-0.4, -0.2) is 44.6 Å². The molecule has 3 aromatic rings. The van der Waals surface area contributed by atoms with Crippen molar-refractivity contribution in [3.8, 4) is 5.75 Å². The van der Waals surface area contributed by atoms with Gasteiger partial charge in [0, 0.05) is 10.7 Å². The summed E-state index contributed by atoms with van der Waals surface area (Å²) in [6, 6.07) is 9.87. The lowest BCUT2D eigenvalue weighted by molar-refractivity contribution is -0.123. The minimum Gasteiger partial charge on any atom is -0.482 e. The molecule has 0 unspecified atom stereocenters. The zero-order valence-corrected chi connectivity index (χ0v) is 17.9. The first-order chi connectivity index (χ1) is 14.2. The monoisotopic (exact) mass is 466 g/mol. The van der Waals surface area contributed by atoms with Gasteiger partial charge in [-0.3, -0.25) is 19.2 Å². The summed E-state index contributed by atoms with van der Waals surface area (Å²) in [4.78, 5) is 30.3. The molecule has 0 spiro atoms. The maximum atomic E-state index is 12.6. The molecule has 1 aliphatic rings. The third kappa shape index (κ3) is 4.48. The van der Waals surface area contributed by atoms with Crippen LogP contribution in [0.25, 0.3) is 10.2 Å².